The molecule has 19 heavy (non-hydrogen) atoms. The fourth-order valence-corrected chi connectivity index (χ4v) is 1.52. The SMILES string of the molecule is CN=C(NCCCCCC(=O)OC)NCCCOC. The summed E-state index contributed by atoms with van der Waals surface area (Å²) in [5.74, 6) is 0.674. The number of guanidine groups is 1. The summed E-state index contributed by atoms with van der Waals surface area (Å²) < 4.78 is 9.56. The maximum atomic E-state index is 10.9. The number of ether oxygens (including phenoxy) is 2. The van der Waals surface area contributed by atoms with Gasteiger partial charge >= 0.3 is 5.97 Å². The third kappa shape index (κ3) is 11.5. The highest BCUT2D eigenvalue weighted by Gasteiger charge is 2.00. The Morgan fingerprint density at radius 1 is 1.05 bits per heavy atom. The molecule has 0 fully saturated rings. The molecule has 0 saturated heterocycles. The fraction of sp³-hybridized carbons (Fsp3) is 0.846. The molecule has 6 nitrogen and oxygen atoms in total. The van der Waals surface area contributed by atoms with Crippen LogP contribution >= 0.6 is 0 Å². The van der Waals surface area contributed by atoms with Crippen molar-refractivity contribution in [3.8, 4) is 0 Å². The van der Waals surface area contributed by atoms with Crippen molar-refractivity contribution in [2.75, 3.05) is 41.0 Å². The van der Waals surface area contributed by atoms with Crippen molar-refractivity contribution in [1.29, 1.82) is 0 Å². The van der Waals surface area contributed by atoms with E-state index in [1.807, 2.05) is 0 Å². The van der Waals surface area contributed by atoms with Gasteiger partial charge in [0.2, 0.25) is 0 Å². The Morgan fingerprint density at radius 3 is 2.32 bits per heavy atom. The van der Waals surface area contributed by atoms with Crippen molar-refractivity contribution >= 4 is 11.9 Å². The van der Waals surface area contributed by atoms with Crippen molar-refractivity contribution in [2.45, 2.75) is 32.1 Å². The first-order valence-corrected chi connectivity index (χ1v) is 6.74. The van der Waals surface area contributed by atoms with E-state index >= 15 is 0 Å². The minimum atomic E-state index is -0.136. The summed E-state index contributed by atoms with van der Waals surface area (Å²) in [6.07, 6.45) is 4.34. The van der Waals surface area contributed by atoms with Crippen LogP contribution in [0, 0.1) is 0 Å². The third-order valence-corrected chi connectivity index (χ3v) is 2.62. The van der Waals surface area contributed by atoms with Crippen LogP contribution in [0.25, 0.3) is 0 Å². The summed E-state index contributed by atoms with van der Waals surface area (Å²) in [5.41, 5.74) is 0. The Kier molecular flexibility index (Phi) is 12.2. The van der Waals surface area contributed by atoms with Crippen LogP contribution in [0.15, 0.2) is 4.99 Å². The smallest absolute Gasteiger partial charge is 0.305 e. The number of methoxy groups -OCH3 is 2. The molecule has 0 aromatic rings. The van der Waals surface area contributed by atoms with Crippen LogP contribution in [-0.2, 0) is 14.3 Å². The molecule has 0 atom stereocenters. The number of unbranched alkanes of at least 4 members (excludes halogenated alkanes) is 2. The van der Waals surface area contributed by atoms with Crippen LogP contribution < -0.4 is 10.6 Å². The number of hydrogen-bond donors (Lipinski definition) is 2. The summed E-state index contributed by atoms with van der Waals surface area (Å²) >= 11 is 0. The largest absolute Gasteiger partial charge is 0.469 e. The average Bonchev–Trinajstić information content (AvgIpc) is 2.44. The van der Waals surface area contributed by atoms with E-state index in [4.69, 9.17) is 4.74 Å². The van der Waals surface area contributed by atoms with Gasteiger partial charge in [0, 0.05) is 40.3 Å². The van der Waals surface area contributed by atoms with Crippen molar-refractivity contribution in [3.63, 3.8) is 0 Å². The van der Waals surface area contributed by atoms with Crippen LogP contribution in [-0.4, -0.2) is 52.9 Å². The van der Waals surface area contributed by atoms with Crippen molar-refractivity contribution < 1.29 is 14.3 Å². The number of aliphatic imine (C=N–C) groups is 1. The molecular formula is C13H27N3O3. The molecule has 0 heterocycles. The highest BCUT2D eigenvalue weighted by Crippen LogP contribution is 1.99. The Labute approximate surface area is 116 Å². The zero-order chi connectivity index (χ0) is 14.3. The molecule has 0 unspecified atom stereocenters. The summed E-state index contributed by atoms with van der Waals surface area (Å²) in [6.45, 7) is 2.44. The molecule has 0 rings (SSSR count). The standard InChI is InChI=1S/C13H27N3O3/c1-14-13(16-10-7-11-18-2)15-9-6-4-5-8-12(17)19-3/h4-11H2,1-3H3,(H2,14,15,16). The van der Waals surface area contributed by atoms with Crippen molar-refractivity contribution in [2.24, 2.45) is 4.99 Å². The number of hydrogen-bond acceptors (Lipinski definition) is 4. The van der Waals surface area contributed by atoms with E-state index in [0.717, 1.165) is 51.3 Å². The topological polar surface area (TPSA) is 72.0 Å². The monoisotopic (exact) mass is 273 g/mol. The molecule has 0 aliphatic rings. The Balaban J connectivity index is 3.44. The minimum Gasteiger partial charge on any atom is -0.469 e. The molecule has 0 aliphatic carbocycles. The van der Waals surface area contributed by atoms with E-state index in [-0.39, 0.29) is 5.97 Å². The van der Waals surface area contributed by atoms with Crippen LogP contribution in [0.2, 0.25) is 0 Å². The predicted molar refractivity (Wildman–Crippen MR) is 76.3 cm³/mol. The van der Waals surface area contributed by atoms with Gasteiger partial charge in [0.15, 0.2) is 5.96 Å². The van der Waals surface area contributed by atoms with Gasteiger partial charge in [-0.05, 0) is 19.3 Å². The molecule has 0 aliphatic heterocycles. The summed E-state index contributed by atoms with van der Waals surface area (Å²) in [7, 11) is 4.87. The zero-order valence-corrected chi connectivity index (χ0v) is 12.3. The second kappa shape index (κ2) is 13.1. The molecule has 0 radical (unpaired) electrons. The normalized spacial score (nSPS) is 11.2. The molecule has 6 heteroatoms. The summed E-state index contributed by atoms with van der Waals surface area (Å²) in [6, 6.07) is 0. The lowest BCUT2D eigenvalue weighted by atomic mass is 10.2. The maximum Gasteiger partial charge on any atom is 0.305 e. The fourth-order valence-electron chi connectivity index (χ4n) is 1.52. The van der Waals surface area contributed by atoms with E-state index < -0.39 is 0 Å². The molecule has 112 valence electrons. The Morgan fingerprint density at radius 2 is 1.74 bits per heavy atom. The van der Waals surface area contributed by atoms with Gasteiger partial charge in [-0.25, -0.2) is 0 Å². The minimum absolute atomic E-state index is 0.136. The van der Waals surface area contributed by atoms with Crippen molar-refractivity contribution in [1.82, 2.24) is 10.6 Å². The second-order valence-corrected chi connectivity index (χ2v) is 4.16. The second-order valence-electron chi connectivity index (χ2n) is 4.16. The molecule has 0 amide bonds. The molecule has 0 aromatic heterocycles. The number of rotatable bonds is 10. The summed E-state index contributed by atoms with van der Waals surface area (Å²) in [4.78, 5) is 15.0. The van der Waals surface area contributed by atoms with Crippen LogP contribution in [0.3, 0.4) is 0 Å². The number of esters is 1. The third-order valence-electron chi connectivity index (χ3n) is 2.62. The van der Waals surface area contributed by atoms with E-state index in [1.165, 1.54) is 7.11 Å². The first kappa shape index (κ1) is 17.7. The van der Waals surface area contributed by atoms with Crippen molar-refractivity contribution in [3.05, 3.63) is 0 Å². The van der Waals surface area contributed by atoms with Gasteiger partial charge in [0.05, 0.1) is 7.11 Å². The Hall–Kier alpha value is -1.30. The molecule has 2 N–H and O–H groups in total. The lowest BCUT2D eigenvalue weighted by molar-refractivity contribution is -0.140. The van der Waals surface area contributed by atoms with Crippen LogP contribution in [0.4, 0.5) is 0 Å². The average molecular weight is 273 g/mol. The van der Waals surface area contributed by atoms with Crippen LogP contribution in [0.1, 0.15) is 32.1 Å². The van der Waals surface area contributed by atoms with Gasteiger partial charge < -0.3 is 20.1 Å². The van der Waals surface area contributed by atoms with Gasteiger partial charge in [0.1, 0.15) is 0 Å². The lowest BCUT2D eigenvalue weighted by Gasteiger charge is -2.11. The number of carbonyl (C=O) groups excluding carboxylic acids is 1. The summed E-state index contributed by atoms with van der Waals surface area (Å²) in [5, 5.41) is 6.44. The molecule has 0 saturated carbocycles. The quantitative estimate of drug-likeness (QED) is 0.268. The van der Waals surface area contributed by atoms with Gasteiger partial charge in [-0.1, -0.05) is 6.42 Å². The highest BCUT2D eigenvalue weighted by atomic mass is 16.5. The molecular weight excluding hydrogens is 246 g/mol. The Bertz CT molecular complexity index is 258. The van der Waals surface area contributed by atoms with E-state index in [9.17, 15) is 4.79 Å². The van der Waals surface area contributed by atoms with Gasteiger partial charge in [-0.15, -0.1) is 0 Å². The number of nitrogens with one attached hydrogen (secondary N) is 2. The van der Waals surface area contributed by atoms with Gasteiger partial charge in [0.25, 0.3) is 0 Å². The molecule has 0 spiro atoms. The number of carbonyl (C=O) groups is 1. The van der Waals surface area contributed by atoms with Gasteiger partial charge in [-0.3, -0.25) is 9.79 Å². The predicted octanol–water partition coefficient (Wildman–Crippen LogP) is 0.921. The van der Waals surface area contributed by atoms with Gasteiger partial charge in [-0.2, -0.15) is 0 Å². The van der Waals surface area contributed by atoms with E-state index in [0.29, 0.717) is 6.42 Å². The zero-order valence-electron chi connectivity index (χ0n) is 12.3. The first-order chi connectivity index (χ1) is 9.24. The van der Waals surface area contributed by atoms with E-state index in [2.05, 4.69) is 20.4 Å². The first-order valence-electron chi connectivity index (χ1n) is 6.74. The number of nitrogens with zero attached hydrogens (tertiary/aromatic N) is 1. The highest BCUT2D eigenvalue weighted by molar-refractivity contribution is 5.79. The maximum absolute atomic E-state index is 10.9. The lowest BCUT2D eigenvalue weighted by Crippen LogP contribution is -2.38. The molecule has 0 aromatic carbocycles. The molecule has 0 bridgehead atoms. The van der Waals surface area contributed by atoms with E-state index in [1.54, 1.807) is 14.2 Å². The van der Waals surface area contributed by atoms with Crippen LogP contribution in [0.5, 0.6) is 0 Å².